The van der Waals surface area contributed by atoms with E-state index in [1.165, 1.54) is 12.1 Å². The molecule has 2 rings (SSSR count). The van der Waals surface area contributed by atoms with Gasteiger partial charge in [0, 0.05) is 12.8 Å². The lowest BCUT2D eigenvalue weighted by Gasteiger charge is -2.31. The maximum atomic E-state index is 13.5. The van der Waals surface area contributed by atoms with Gasteiger partial charge in [0.2, 0.25) is 0 Å². The van der Waals surface area contributed by atoms with Gasteiger partial charge in [0.15, 0.2) is 0 Å². The van der Waals surface area contributed by atoms with Gasteiger partial charge in [-0.25, -0.2) is 11.0 Å². The molecule has 0 saturated heterocycles. The first kappa shape index (κ1) is 10.4. The monoisotopic (exact) mass is 215 g/mol. The third kappa shape index (κ3) is 1.70. The van der Waals surface area contributed by atoms with E-state index in [2.05, 4.69) is 10.2 Å². The van der Waals surface area contributed by atoms with Crippen LogP contribution in [0.5, 0.6) is 0 Å². The van der Waals surface area contributed by atoms with Gasteiger partial charge in [-0.05, 0) is 24.6 Å². The van der Waals surface area contributed by atoms with E-state index < -0.39 is 11.5 Å². The number of halogens is 1. The molecule has 1 N–H and O–H groups in total. The summed E-state index contributed by atoms with van der Waals surface area (Å²) in [5.41, 5.74) is -0.0436. The maximum Gasteiger partial charge on any atom is 0.305 e. The summed E-state index contributed by atoms with van der Waals surface area (Å²) in [6, 6.07) is 6.11. The first-order valence-corrected chi connectivity index (χ1v) is 5.05. The van der Waals surface area contributed by atoms with Gasteiger partial charge in [-0.1, -0.05) is 0 Å². The molecule has 1 aliphatic carbocycles. The summed E-state index contributed by atoms with van der Waals surface area (Å²) in [6.07, 6.45) is 2.49. The molecule has 0 unspecified atom stereocenters. The van der Waals surface area contributed by atoms with Crippen LogP contribution < -0.4 is 5.32 Å². The molecular formula is C12H10FN3. The van der Waals surface area contributed by atoms with Crippen molar-refractivity contribution in [3.8, 4) is 6.07 Å². The van der Waals surface area contributed by atoms with Crippen LogP contribution in [-0.4, -0.2) is 5.66 Å². The molecule has 1 aliphatic rings. The second-order valence-corrected chi connectivity index (χ2v) is 3.93. The zero-order valence-electron chi connectivity index (χ0n) is 8.63. The number of rotatable bonds is 2. The summed E-state index contributed by atoms with van der Waals surface area (Å²) in [6.45, 7) is 7.09. The van der Waals surface area contributed by atoms with Crippen molar-refractivity contribution in [2.24, 2.45) is 0 Å². The molecule has 1 fully saturated rings. The van der Waals surface area contributed by atoms with Crippen molar-refractivity contribution in [3.63, 3.8) is 0 Å². The van der Waals surface area contributed by atoms with E-state index in [4.69, 9.17) is 11.8 Å². The molecule has 0 bridgehead atoms. The zero-order chi connectivity index (χ0) is 11.6. The summed E-state index contributed by atoms with van der Waals surface area (Å²) in [5.74, 6) is -0.478. The van der Waals surface area contributed by atoms with Crippen molar-refractivity contribution >= 4 is 5.69 Å². The van der Waals surface area contributed by atoms with Gasteiger partial charge >= 0.3 is 5.66 Å². The highest BCUT2D eigenvalue weighted by Gasteiger charge is 2.44. The van der Waals surface area contributed by atoms with E-state index in [9.17, 15) is 4.39 Å². The Balaban J connectivity index is 2.23. The Labute approximate surface area is 93.3 Å². The fourth-order valence-corrected chi connectivity index (χ4v) is 1.71. The van der Waals surface area contributed by atoms with E-state index in [1.54, 1.807) is 6.07 Å². The van der Waals surface area contributed by atoms with Gasteiger partial charge in [0.25, 0.3) is 0 Å². The zero-order valence-corrected chi connectivity index (χ0v) is 8.63. The number of benzene rings is 1. The molecule has 16 heavy (non-hydrogen) atoms. The van der Waals surface area contributed by atoms with Gasteiger partial charge in [-0.15, -0.1) is 0 Å². The van der Waals surface area contributed by atoms with Crippen LogP contribution in [0.25, 0.3) is 4.85 Å². The van der Waals surface area contributed by atoms with E-state index in [-0.39, 0.29) is 5.56 Å². The van der Waals surface area contributed by atoms with Crippen molar-refractivity contribution < 1.29 is 4.39 Å². The quantitative estimate of drug-likeness (QED) is 0.770. The highest BCUT2D eigenvalue weighted by Crippen LogP contribution is 2.37. The highest BCUT2D eigenvalue weighted by atomic mass is 19.1. The molecule has 80 valence electrons. The van der Waals surface area contributed by atoms with Crippen LogP contribution in [0.2, 0.25) is 0 Å². The second-order valence-electron chi connectivity index (χ2n) is 3.93. The van der Waals surface area contributed by atoms with Crippen LogP contribution in [0.15, 0.2) is 18.2 Å². The van der Waals surface area contributed by atoms with E-state index in [0.29, 0.717) is 5.69 Å². The minimum absolute atomic E-state index is 0.286. The normalized spacial score (nSPS) is 16.7. The molecule has 0 heterocycles. The third-order valence-corrected chi connectivity index (χ3v) is 2.86. The van der Waals surface area contributed by atoms with Crippen molar-refractivity contribution in [2.75, 3.05) is 5.32 Å². The fourth-order valence-electron chi connectivity index (χ4n) is 1.71. The van der Waals surface area contributed by atoms with Crippen LogP contribution in [0.3, 0.4) is 0 Å². The van der Waals surface area contributed by atoms with Gasteiger partial charge in [-0.3, -0.25) is 4.85 Å². The van der Waals surface area contributed by atoms with Crippen LogP contribution in [0.1, 0.15) is 24.8 Å². The van der Waals surface area contributed by atoms with Gasteiger partial charge in [0.05, 0.1) is 17.3 Å². The number of anilines is 1. The Morgan fingerprint density at radius 1 is 1.50 bits per heavy atom. The Kier molecular flexibility index (Phi) is 2.50. The first-order valence-electron chi connectivity index (χ1n) is 5.05. The molecule has 4 heteroatoms. The summed E-state index contributed by atoms with van der Waals surface area (Å²) in [7, 11) is 0. The predicted octanol–water partition coefficient (Wildman–Crippen LogP) is 2.91. The Morgan fingerprint density at radius 3 is 2.69 bits per heavy atom. The minimum Gasteiger partial charge on any atom is -0.312 e. The third-order valence-electron chi connectivity index (χ3n) is 2.86. The average molecular weight is 215 g/mol. The minimum atomic E-state index is -0.630. The summed E-state index contributed by atoms with van der Waals surface area (Å²) in [5, 5.41) is 11.5. The molecule has 1 aromatic carbocycles. The fraction of sp³-hybridized carbons (Fsp3) is 0.333. The van der Waals surface area contributed by atoms with E-state index in [1.807, 2.05) is 6.07 Å². The van der Waals surface area contributed by atoms with E-state index in [0.717, 1.165) is 19.3 Å². The number of hydrogen-bond acceptors (Lipinski definition) is 2. The second kappa shape index (κ2) is 3.83. The Hall–Kier alpha value is -2.07. The molecule has 0 atom stereocenters. The van der Waals surface area contributed by atoms with Gasteiger partial charge < -0.3 is 5.32 Å². The van der Waals surface area contributed by atoms with Crippen molar-refractivity contribution in [2.45, 2.75) is 24.9 Å². The van der Waals surface area contributed by atoms with Crippen LogP contribution in [-0.2, 0) is 0 Å². The first-order chi connectivity index (χ1) is 7.69. The topological polar surface area (TPSA) is 40.2 Å². The molecule has 1 saturated carbocycles. The number of nitrogens with one attached hydrogen (secondary N) is 1. The lowest BCUT2D eigenvalue weighted by molar-refractivity contribution is 0.342. The number of nitrogens with zero attached hydrogens (tertiary/aromatic N) is 2. The summed E-state index contributed by atoms with van der Waals surface area (Å²) >= 11 is 0. The average Bonchev–Trinajstić information content (AvgIpc) is 2.25. The molecule has 0 spiro atoms. The Morgan fingerprint density at radius 2 is 2.25 bits per heavy atom. The number of nitriles is 1. The SMILES string of the molecule is [C-]#[N+]C1(Nc2ccc(C#N)cc2F)CCC1. The Bertz CT molecular complexity index is 492. The standard InChI is InChI=1S/C12H10FN3/c1-15-12(5-2-6-12)16-11-4-3-9(8-14)7-10(11)13/h3-4,7,16H,2,5-6H2. The lowest BCUT2D eigenvalue weighted by atomic mass is 9.85. The van der Waals surface area contributed by atoms with E-state index >= 15 is 0 Å². The van der Waals surface area contributed by atoms with Gasteiger partial charge in [-0.2, -0.15) is 5.26 Å². The molecular weight excluding hydrogens is 205 g/mol. The van der Waals surface area contributed by atoms with Crippen LogP contribution >= 0.6 is 0 Å². The molecule has 1 aromatic rings. The van der Waals surface area contributed by atoms with Crippen molar-refractivity contribution in [1.82, 2.24) is 0 Å². The van der Waals surface area contributed by atoms with Crippen molar-refractivity contribution in [1.29, 1.82) is 5.26 Å². The molecule has 0 amide bonds. The van der Waals surface area contributed by atoms with Crippen molar-refractivity contribution in [3.05, 3.63) is 41.0 Å². The molecule has 0 aromatic heterocycles. The van der Waals surface area contributed by atoms with Crippen LogP contribution in [0.4, 0.5) is 10.1 Å². The molecule has 0 radical (unpaired) electrons. The summed E-state index contributed by atoms with van der Waals surface area (Å²) < 4.78 is 13.5. The number of hydrogen-bond donors (Lipinski definition) is 1. The molecule has 3 nitrogen and oxygen atoms in total. The van der Waals surface area contributed by atoms with Gasteiger partial charge in [0.1, 0.15) is 5.82 Å². The summed E-state index contributed by atoms with van der Waals surface area (Å²) in [4.78, 5) is 3.51. The predicted molar refractivity (Wildman–Crippen MR) is 57.9 cm³/mol. The van der Waals surface area contributed by atoms with Crippen LogP contribution in [0, 0.1) is 23.7 Å². The largest absolute Gasteiger partial charge is 0.312 e. The molecule has 0 aliphatic heterocycles. The maximum absolute atomic E-state index is 13.5. The lowest BCUT2D eigenvalue weighted by Crippen LogP contribution is -2.41. The smallest absolute Gasteiger partial charge is 0.305 e. The highest BCUT2D eigenvalue weighted by molar-refractivity contribution is 5.51.